The van der Waals surface area contributed by atoms with E-state index in [1.54, 1.807) is 4.90 Å². The van der Waals surface area contributed by atoms with Crippen LogP contribution in [-0.2, 0) is 14.3 Å². The van der Waals surface area contributed by atoms with Gasteiger partial charge in [0.15, 0.2) is 0 Å². The number of hydrogen-bond donors (Lipinski definition) is 2. The summed E-state index contributed by atoms with van der Waals surface area (Å²) in [6.07, 6.45) is 2.20. The average Bonchev–Trinajstić information content (AvgIpc) is 3.42. The van der Waals surface area contributed by atoms with Gasteiger partial charge in [-0.1, -0.05) is 55.5 Å². The maximum atomic E-state index is 12.9. The van der Waals surface area contributed by atoms with Crippen LogP contribution in [0.15, 0.2) is 48.5 Å². The molecule has 34 heavy (non-hydrogen) atoms. The van der Waals surface area contributed by atoms with Gasteiger partial charge < -0.3 is 20.1 Å². The monoisotopic (exact) mass is 464 g/mol. The van der Waals surface area contributed by atoms with Crippen LogP contribution in [0, 0.1) is 5.92 Å². The second-order valence-corrected chi connectivity index (χ2v) is 9.15. The number of ether oxygens (including phenoxy) is 1. The number of nitrogens with one attached hydrogen (secondary N) is 1. The summed E-state index contributed by atoms with van der Waals surface area (Å²) in [4.78, 5) is 38.0. The maximum Gasteiger partial charge on any atom is 0.407 e. The number of hydrogen-bond acceptors (Lipinski definition) is 4. The first kappa shape index (κ1) is 23.8. The van der Waals surface area contributed by atoms with Crippen molar-refractivity contribution in [1.29, 1.82) is 0 Å². The predicted octanol–water partition coefficient (Wildman–Crippen LogP) is 4.41. The van der Waals surface area contributed by atoms with Gasteiger partial charge in [-0.25, -0.2) is 4.79 Å². The molecule has 4 rings (SSSR count). The molecule has 2 N–H and O–H groups in total. The molecular weight excluding hydrogens is 432 g/mol. The molecule has 0 aliphatic heterocycles. The Bertz CT molecular complexity index is 1010. The van der Waals surface area contributed by atoms with E-state index in [0.717, 1.165) is 6.42 Å². The predicted molar refractivity (Wildman–Crippen MR) is 128 cm³/mol. The minimum atomic E-state index is -0.907. The SMILES string of the molecule is CCCN(CCC(=O)O)C(=O)[C@H]1CC[C@@H](NC(=O)OCC2c3ccccc3-c3ccccc32)C1. The zero-order valence-corrected chi connectivity index (χ0v) is 19.5. The molecule has 0 unspecified atom stereocenters. The Morgan fingerprint density at radius 3 is 2.26 bits per heavy atom. The number of benzene rings is 2. The minimum Gasteiger partial charge on any atom is -0.481 e. The number of fused-ring (bicyclic) bond motifs is 3. The fourth-order valence-electron chi connectivity index (χ4n) is 5.23. The highest BCUT2D eigenvalue weighted by atomic mass is 16.5. The molecule has 2 aromatic rings. The number of aliphatic carboxylic acids is 1. The molecule has 2 aliphatic carbocycles. The standard InChI is InChI=1S/C27H32N2O5/c1-2-14-29(15-13-25(30)31)26(32)18-11-12-19(16-18)28-27(33)34-17-24-22-9-5-3-7-20(22)21-8-4-6-10-23(21)24/h3-10,18-19,24H,2,11-17H2,1H3,(H,28,33)(H,30,31)/t18-,19+/m0/s1. The molecule has 0 spiro atoms. The lowest BCUT2D eigenvalue weighted by atomic mass is 9.98. The molecule has 2 atom stereocenters. The van der Waals surface area contributed by atoms with Gasteiger partial charge in [0.2, 0.25) is 5.91 Å². The number of carbonyl (C=O) groups is 3. The first-order valence-electron chi connectivity index (χ1n) is 12.1. The number of carboxylic acids is 1. The summed E-state index contributed by atoms with van der Waals surface area (Å²) in [5.41, 5.74) is 4.70. The largest absolute Gasteiger partial charge is 0.481 e. The molecule has 2 aromatic carbocycles. The number of carboxylic acid groups (broad SMARTS) is 1. The van der Waals surface area contributed by atoms with Gasteiger partial charge in [-0.05, 0) is 47.9 Å². The van der Waals surface area contributed by atoms with Gasteiger partial charge in [-0.2, -0.15) is 0 Å². The van der Waals surface area contributed by atoms with Crippen LogP contribution < -0.4 is 5.32 Å². The number of rotatable bonds is 9. The van der Waals surface area contributed by atoms with Gasteiger partial charge in [0.1, 0.15) is 6.61 Å². The van der Waals surface area contributed by atoms with E-state index >= 15 is 0 Å². The lowest BCUT2D eigenvalue weighted by Gasteiger charge is -2.25. The summed E-state index contributed by atoms with van der Waals surface area (Å²) < 4.78 is 5.64. The fraction of sp³-hybridized carbons (Fsp3) is 0.444. The van der Waals surface area contributed by atoms with E-state index in [-0.39, 0.29) is 43.4 Å². The lowest BCUT2D eigenvalue weighted by Crippen LogP contribution is -2.39. The summed E-state index contributed by atoms with van der Waals surface area (Å²) in [5.74, 6) is -1.11. The van der Waals surface area contributed by atoms with Crippen molar-refractivity contribution in [3.63, 3.8) is 0 Å². The number of alkyl carbamates (subject to hydrolysis) is 1. The van der Waals surface area contributed by atoms with Gasteiger partial charge in [-0.3, -0.25) is 9.59 Å². The first-order valence-corrected chi connectivity index (χ1v) is 12.1. The third kappa shape index (κ3) is 5.24. The van der Waals surface area contributed by atoms with E-state index < -0.39 is 12.1 Å². The Morgan fingerprint density at radius 2 is 1.65 bits per heavy atom. The molecular formula is C27H32N2O5. The van der Waals surface area contributed by atoms with Crippen molar-refractivity contribution < 1.29 is 24.2 Å². The second-order valence-electron chi connectivity index (χ2n) is 9.15. The molecule has 0 bridgehead atoms. The van der Waals surface area contributed by atoms with Gasteiger partial charge >= 0.3 is 12.1 Å². The van der Waals surface area contributed by atoms with Gasteiger partial charge in [0.05, 0.1) is 6.42 Å². The topological polar surface area (TPSA) is 95.9 Å². The molecule has 1 saturated carbocycles. The highest BCUT2D eigenvalue weighted by Crippen LogP contribution is 2.44. The van der Waals surface area contributed by atoms with E-state index in [1.807, 2.05) is 31.2 Å². The van der Waals surface area contributed by atoms with Crippen LogP contribution in [0.5, 0.6) is 0 Å². The number of amides is 2. The zero-order chi connectivity index (χ0) is 24.1. The number of carbonyl (C=O) groups excluding carboxylic acids is 2. The minimum absolute atomic E-state index is 0.00731. The molecule has 0 radical (unpaired) electrons. The zero-order valence-electron chi connectivity index (χ0n) is 19.5. The summed E-state index contributed by atoms with van der Waals surface area (Å²) in [6, 6.07) is 16.3. The summed E-state index contributed by atoms with van der Waals surface area (Å²) in [7, 11) is 0. The normalized spacial score (nSPS) is 18.7. The molecule has 7 heteroatoms. The maximum absolute atomic E-state index is 12.9. The molecule has 7 nitrogen and oxygen atoms in total. The quantitative estimate of drug-likeness (QED) is 0.573. The lowest BCUT2D eigenvalue weighted by molar-refractivity contribution is -0.139. The van der Waals surface area contributed by atoms with Crippen LogP contribution in [0.1, 0.15) is 56.1 Å². The van der Waals surface area contributed by atoms with Gasteiger partial charge in [0.25, 0.3) is 0 Å². The smallest absolute Gasteiger partial charge is 0.407 e. The van der Waals surface area contributed by atoms with E-state index in [2.05, 4.69) is 29.6 Å². The molecule has 0 aromatic heterocycles. The Labute approximate surface area is 200 Å². The Kier molecular flexibility index (Phi) is 7.50. The van der Waals surface area contributed by atoms with Crippen molar-refractivity contribution in [3.8, 4) is 11.1 Å². The van der Waals surface area contributed by atoms with Crippen molar-refractivity contribution in [1.82, 2.24) is 10.2 Å². The number of nitrogens with zero attached hydrogens (tertiary/aromatic N) is 1. The van der Waals surface area contributed by atoms with Crippen LogP contribution in [0.2, 0.25) is 0 Å². The second kappa shape index (κ2) is 10.7. The van der Waals surface area contributed by atoms with Gasteiger partial charge in [-0.15, -0.1) is 0 Å². The third-order valence-electron chi connectivity index (χ3n) is 6.85. The molecule has 0 heterocycles. The Hall–Kier alpha value is -3.35. The molecule has 2 aliphatic rings. The highest BCUT2D eigenvalue weighted by molar-refractivity contribution is 5.80. The van der Waals surface area contributed by atoms with Crippen molar-refractivity contribution in [2.24, 2.45) is 5.92 Å². The molecule has 1 fully saturated rings. The Balaban J connectivity index is 1.30. The van der Waals surface area contributed by atoms with Crippen LogP contribution in [0.25, 0.3) is 11.1 Å². The van der Waals surface area contributed by atoms with Crippen LogP contribution in [0.4, 0.5) is 4.79 Å². The fourth-order valence-corrected chi connectivity index (χ4v) is 5.23. The Morgan fingerprint density at radius 1 is 1.00 bits per heavy atom. The van der Waals surface area contributed by atoms with E-state index in [0.29, 0.717) is 25.8 Å². The first-order chi connectivity index (χ1) is 16.5. The van der Waals surface area contributed by atoms with Crippen LogP contribution in [-0.4, -0.2) is 53.7 Å². The van der Waals surface area contributed by atoms with Crippen molar-refractivity contribution >= 4 is 18.0 Å². The highest BCUT2D eigenvalue weighted by Gasteiger charge is 2.34. The third-order valence-corrected chi connectivity index (χ3v) is 6.85. The van der Waals surface area contributed by atoms with Gasteiger partial charge in [0, 0.05) is 31.0 Å². The molecule has 0 saturated heterocycles. The van der Waals surface area contributed by atoms with E-state index in [1.165, 1.54) is 22.3 Å². The van der Waals surface area contributed by atoms with Crippen molar-refractivity contribution in [2.75, 3.05) is 19.7 Å². The van der Waals surface area contributed by atoms with Crippen LogP contribution >= 0.6 is 0 Å². The average molecular weight is 465 g/mol. The molecule has 180 valence electrons. The molecule has 2 amide bonds. The van der Waals surface area contributed by atoms with E-state index in [9.17, 15) is 14.4 Å². The van der Waals surface area contributed by atoms with Crippen molar-refractivity contribution in [3.05, 3.63) is 59.7 Å². The summed E-state index contributed by atoms with van der Waals surface area (Å²) in [6.45, 7) is 3.00. The van der Waals surface area contributed by atoms with Crippen LogP contribution in [0.3, 0.4) is 0 Å². The summed E-state index contributed by atoms with van der Waals surface area (Å²) in [5, 5.41) is 11.9. The summed E-state index contributed by atoms with van der Waals surface area (Å²) >= 11 is 0. The van der Waals surface area contributed by atoms with Crippen molar-refractivity contribution in [2.45, 2.75) is 51.0 Å². The van der Waals surface area contributed by atoms with E-state index in [4.69, 9.17) is 9.84 Å².